The maximum absolute atomic E-state index is 13.5. The van der Waals surface area contributed by atoms with E-state index < -0.39 is 0 Å². The number of anilines is 1. The molecule has 1 atom stereocenters. The van der Waals surface area contributed by atoms with Gasteiger partial charge in [0.15, 0.2) is 0 Å². The van der Waals surface area contributed by atoms with Crippen molar-refractivity contribution in [2.75, 3.05) is 19.4 Å². The highest BCUT2D eigenvalue weighted by Gasteiger charge is 2.25. The van der Waals surface area contributed by atoms with Gasteiger partial charge in [0.2, 0.25) is 5.91 Å². The molecule has 164 valence electrons. The van der Waals surface area contributed by atoms with Crippen molar-refractivity contribution in [3.63, 3.8) is 0 Å². The van der Waals surface area contributed by atoms with E-state index >= 15 is 0 Å². The number of benzene rings is 1. The van der Waals surface area contributed by atoms with Crippen LogP contribution in [0, 0.1) is 12.8 Å². The molecule has 8 heteroatoms. The molecule has 0 spiro atoms. The zero-order valence-corrected chi connectivity index (χ0v) is 19.9. The Morgan fingerprint density at radius 1 is 1.39 bits per heavy atom. The molecule has 1 unspecified atom stereocenters. The van der Waals surface area contributed by atoms with E-state index in [2.05, 4.69) is 12.2 Å². The SMILES string of the molecule is Cc1ccc(NC(=O)Cn2c(CN(C)C)nc3sc4c(c3c2=O)CCC(C)C4)cc1Cl. The van der Waals surface area contributed by atoms with Gasteiger partial charge in [-0.3, -0.25) is 14.2 Å². The molecule has 1 aromatic carbocycles. The third kappa shape index (κ3) is 4.54. The first kappa shape index (κ1) is 22.0. The molecule has 3 aromatic rings. The van der Waals surface area contributed by atoms with Gasteiger partial charge in [-0.1, -0.05) is 24.6 Å². The minimum absolute atomic E-state index is 0.0858. The molecule has 6 nitrogen and oxygen atoms in total. The molecule has 0 saturated heterocycles. The van der Waals surface area contributed by atoms with Crippen LogP contribution in [0.3, 0.4) is 0 Å². The number of halogens is 1. The largest absolute Gasteiger partial charge is 0.324 e. The topological polar surface area (TPSA) is 67.2 Å². The van der Waals surface area contributed by atoms with Crippen molar-refractivity contribution < 1.29 is 4.79 Å². The van der Waals surface area contributed by atoms with Crippen molar-refractivity contribution in [1.82, 2.24) is 14.5 Å². The van der Waals surface area contributed by atoms with Crippen molar-refractivity contribution in [2.45, 2.75) is 46.2 Å². The predicted molar refractivity (Wildman–Crippen MR) is 127 cm³/mol. The summed E-state index contributed by atoms with van der Waals surface area (Å²) >= 11 is 7.81. The average molecular weight is 459 g/mol. The summed E-state index contributed by atoms with van der Waals surface area (Å²) < 4.78 is 1.53. The van der Waals surface area contributed by atoms with Gasteiger partial charge in [-0.25, -0.2) is 4.98 Å². The van der Waals surface area contributed by atoms with Gasteiger partial charge in [0, 0.05) is 15.6 Å². The lowest BCUT2D eigenvalue weighted by Gasteiger charge is -2.18. The maximum atomic E-state index is 13.5. The molecule has 0 fully saturated rings. The minimum atomic E-state index is -0.277. The van der Waals surface area contributed by atoms with Gasteiger partial charge in [-0.15, -0.1) is 11.3 Å². The maximum Gasteiger partial charge on any atom is 0.263 e. The fraction of sp³-hybridized carbons (Fsp3) is 0.435. The highest BCUT2D eigenvalue weighted by atomic mass is 35.5. The van der Waals surface area contributed by atoms with Crippen molar-refractivity contribution in [1.29, 1.82) is 0 Å². The van der Waals surface area contributed by atoms with Crippen LogP contribution >= 0.6 is 22.9 Å². The molecular formula is C23H27ClN4O2S. The van der Waals surface area contributed by atoms with Crippen molar-refractivity contribution in [2.24, 2.45) is 5.92 Å². The summed E-state index contributed by atoms with van der Waals surface area (Å²) in [5, 5.41) is 4.14. The summed E-state index contributed by atoms with van der Waals surface area (Å²) in [6.45, 7) is 4.55. The molecule has 1 amide bonds. The zero-order chi connectivity index (χ0) is 22.3. The number of fused-ring (bicyclic) bond motifs is 3. The molecule has 0 aliphatic heterocycles. The Morgan fingerprint density at radius 3 is 2.87 bits per heavy atom. The Hall–Kier alpha value is -2.22. The Balaban J connectivity index is 1.72. The average Bonchev–Trinajstić information content (AvgIpc) is 3.04. The number of hydrogen-bond acceptors (Lipinski definition) is 5. The van der Waals surface area contributed by atoms with Crippen LogP contribution in [0.4, 0.5) is 5.69 Å². The number of carbonyl (C=O) groups is 1. The van der Waals surface area contributed by atoms with Gasteiger partial charge in [-0.2, -0.15) is 0 Å². The number of thiophene rings is 1. The van der Waals surface area contributed by atoms with Crippen LogP contribution in [0.5, 0.6) is 0 Å². The monoisotopic (exact) mass is 458 g/mol. The first-order chi connectivity index (χ1) is 14.7. The van der Waals surface area contributed by atoms with E-state index in [0.717, 1.165) is 35.2 Å². The summed E-state index contributed by atoms with van der Waals surface area (Å²) in [6, 6.07) is 5.38. The molecule has 0 bridgehead atoms. The van der Waals surface area contributed by atoms with Crippen LogP contribution in [0.1, 0.15) is 35.2 Å². The number of nitrogens with one attached hydrogen (secondary N) is 1. The van der Waals surface area contributed by atoms with Crippen molar-refractivity contribution in [3.8, 4) is 0 Å². The number of hydrogen-bond donors (Lipinski definition) is 1. The summed E-state index contributed by atoms with van der Waals surface area (Å²) in [7, 11) is 3.85. The van der Waals surface area contributed by atoms with E-state index in [1.165, 1.54) is 9.44 Å². The van der Waals surface area contributed by atoms with Crippen LogP contribution < -0.4 is 10.9 Å². The number of carbonyl (C=O) groups excluding carboxylic acids is 1. The lowest BCUT2D eigenvalue weighted by atomic mass is 9.89. The van der Waals surface area contributed by atoms with E-state index in [0.29, 0.717) is 34.4 Å². The molecule has 4 rings (SSSR count). The highest BCUT2D eigenvalue weighted by molar-refractivity contribution is 7.18. The fourth-order valence-corrected chi connectivity index (χ4v) is 5.62. The predicted octanol–water partition coefficient (Wildman–Crippen LogP) is 4.24. The van der Waals surface area contributed by atoms with Gasteiger partial charge in [0.1, 0.15) is 17.2 Å². The first-order valence-corrected chi connectivity index (χ1v) is 11.7. The summed E-state index contributed by atoms with van der Waals surface area (Å²) in [4.78, 5) is 35.2. The van der Waals surface area contributed by atoms with Crippen LogP contribution in [0.25, 0.3) is 10.2 Å². The molecule has 1 aliphatic rings. The van der Waals surface area contributed by atoms with Crippen molar-refractivity contribution >= 4 is 44.7 Å². The second-order valence-corrected chi connectivity index (χ2v) is 10.2. The van der Waals surface area contributed by atoms with Crippen LogP contribution in [0.15, 0.2) is 23.0 Å². The van der Waals surface area contributed by atoms with Gasteiger partial charge >= 0.3 is 0 Å². The third-order valence-corrected chi connectivity index (χ3v) is 7.26. The Bertz CT molecular complexity index is 1210. The molecule has 2 heterocycles. The molecule has 1 aliphatic carbocycles. The third-order valence-electron chi connectivity index (χ3n) is 5.71. The number of aromatic nitrogens is 2. The molecule has 0 saturated carbocycles. The quantitative estimate of drug-likeness (QED) is 0.620. The Kier molecular flexibility index (Phi) is 6.19. The van der Waals surface area contributed by atoms with Crippen LogP contribution in [0.2, 0.25) is 5.02 Å². The molecular weight excluding hydrogens is 432 g/mol. The van der Waals surface area contributed by atoms with E-state index in [9.17, 15) is 9.59 Å². The number of nitrogens with zero attached hydrogens (tertiary/aromatic N) is 3. The van der Waals surface area contributed by atoms with Gasteiger partial charge in [-0.05, 0) is 69.5 Å². The Labute approximate surface area is 190 Å². The molecule has 0 radical (unpaired) electrons. The Morgan fingerprint density at radius 2 is 2.16 bits per heavy atom. The summed E-state index contributed by atoms with van der Waals surface area (Å²) in [5.74, 6) is 0.947. The number of rotatable bonds is 5. The summed E-state index contributed by atoms with van der Waals surface area (Å²) in [5.41, 5.74) is 2.56. The normalized spacial score (nSPS) is 16.0. The molecule has 31 heavy (non-hydrogen) atoms. The summed E-state index contributed by atoms with van der Waals surface area (Å²) in [6.07, 6.45) is 2.97. The second kappa shape index (κ2) is 8.73. The van der Waals surface area contributed by atoms with Crippen molar-refractivity contribution in [3.05, 3.63) is 55.4 Å². The zero-order valence-electron chi connectivity index (χ0n) is 18.3. The minimum Gasteiger partial charge on any atom is -0.324 e. The molecule has 1 N–H and O–H groups in total. The van der Waals surface area contributed by atoms with E-state index in [4.69, 9.17) is 16.6 Å². The fourth-order valence-electron chi connectivity index (χ4n) is 4.05. The van der Waals surface area contributed by atoms with E-state index in [-0.39, 0.29) is 18.0 Å². The smallest absolute Gasteiger partial charge is 0.263 e. The van der Waals surface area contributed by atoms with Gasteiger partial charge in [0.25, 0.3) is 5.56 Å². The second-order valence-electron chi connectivity index (χ2n) is 8.70. The van der Waals surface area contributed by atoms with Gasteiger partial charge < -0.3 is 10.2 Å². The molecule has 2 aromatic heterocycles. The lowest BCUT2D eigenvalue weighted by Crippen LogP contribution is -2.33. The number of aryl methyl sites for hydroxylation is 2. The highest BCUT2D eigenvalue weighted by Crippen LogP contribution is 2.35. The van der Waals surface area contributed by atoms with E-state index in [1.807, 2.05) is 32.0 Å². The van der Waals surface area contributed by atoms with Crippen LogP contribution in [-0.2, 0) is 30.7 Å². The van der Waals surface area contributed by atoms with Crippen LogP contribution in [-0.4, -0.2) is 34.5 Å². The first-order valence-electron chi connectivity index (χ1n) is 10.5. The number of amides is 1. The lowest BCUT2D eigenvalue weighted by molar-refractivity contribution is -0.116. The van der Waals surface area contributed by atoms with E-state index in [1.54, 1.807) is 23.5 Å². The van der Waals surface area contributed by atoms with Gasteiger partial charge in [0.05, 0.1) is 11.9 Å². The standard InChI is InChI=1S/C23H27ClN4O2S/c1-13-5-8-16-18(9-13)31-22-21(16)23(30)28(19(26-22)11-27(3)4)12-20(29)25-15-7-6-14(2)17(24)10-15/h6-7,10,13H,5,8-9,11-12H2,1-4H3,(H,25,29).